The van der Waals surface area contributed by atoms with Crippen molar-refractivity contribution in [3.8, 4) is 0 Å². The molecule has 19 heavy (non-hydrogen) atoms. The highest BCUT2D eigenvalue weighted by atomic mass is 16.6. The molecule has 0 spiro atoms. The van der Waals surface area contributed by atoms with Gasteiger partial charge in [-0.2, -0.15) is 0 Å². The molecule has 0 aromatic heterocycles. The lowest BCUT2D eigenvalue weighted by Crippen LogP contribution is -2.66. The Balaban J connectivity index is 2.80. The van der Waals surface area contributed by atoms with Gasteiger partial charge >= 0.3 is 5.97 Å². The molecule has 1 fully saturated rings. The first-order valence-electron chi connectivity index (χ1n) is 7.43. The SMILES string of the molecule is CCCC(NN1C(C)(C)CCCC1(C)C)OC(C)=O. The van der Waals surface area contributed by atoms with Gasteiger partial charge in [0.05, 0.1) is 0 Å². The number of carbonyl (C=O) groups is 1. The summed E-state index contributed by atoms with van der Waals surface area (Å²) < 4.78 is 5.39. The zero-order valence-electron chi connectivity index (χ0n) is 13.4. The molecule has 1 aliphatic heterocycles. The normalized spacial score (nSPS) is 23.9. The summed E-state index contributed by atoms with van der Waals surface area (Å²) in [5.41, 5.74) is 3.61. The number of rotatable bonds is 5. The summed E-state index contributed by atoms with van der Waals surface area (Å²) >= 11 is 0. The van der Waals surface area contributed by atoms with Crippen molar-refractivity contribution >= 4 is 5.97 Å². The Hall–Kier alpha value is -0.610. The molecule has 0 amide bonds. The highest BCUT2D eigenvalue weighted by molar-refractivity contribution is 5.66. The highest BCUT2D eigenvalue weighted by Gasteiger charge is 2.42. The van der Waals surface area contributed by atoms with E-state index in [2.05, 4.69) is 45.1 Å². The van der Waals surface area contributed by atoms with Crippen LogP contribution in [0.25, 0.3) is 0 Å². The predicted octanol–water partition coefficient (Wildman–Crippen LogP) is 3.22. The molecule has 0 aromatic carbocycles. The first-order valence-corrected chi connectivity index (χ1v) is 7.43. The van der Waals surface area contributed by atoms with Gasteiger partial charge in [0.25, 0.3) is 0 Å². The van der Waals surface area contributed by atoms with Crippen LogP contribution in [-0.4, -0.2) is 28.3 Å². The van der Waals surface area contributed by atoms with E-state index in [0.29, 0.717) is 0 Å². The van der Waals surface area contributed by atoms with Crippen LogP contribution in [0, 0.1) is 0 Å². The van der Waals surface area contributed by atoms with Gasteiger partial charge in [0.15, 0.2) is 6.23 Å². The standard InChI is InChI=1S/C15H30N2O2/c1-7-9-13(19-12(2)18)16-17-14(3,4)10-8-11-15(17,5)6/h13,16H,7-11H2,1-6H3. The summed E-state index contributed by atoms with van der Waals surface area (Å²) in [5.74, 6) is -0.224. The van der Waals surface area contributed by atoms with Gasteiger partial charge in [0.2, 0.25) is 0 Å². The lowest BCUT2D eigenvalue weighted by Gasteiger charge is -2.53. The molecule has 0 aromatic rings. The van der Waals surface area contributed by atoms with Crippen molar-refractivity contribution in [2.24, 2.45) is 0 Å². The Labute approximate surface area is 117 Å². The fraction of sp³-hybridized carbons (Fsp3) is 0.933. The van der Waals surface area contributed by atoms with Gasteiger partial charge in [0, 0.05) is 18.0 Å². The number of carbonyl (C=O) groups excluding carboxylic acids is 1. The highest BCUT2D eigenvalue weighted by Crippen LogP contribution is 2.36. The van der Waals surface area contributed by atoms with Crippen molar-refractivity contribution in [3.05, 3.63) is 0 Å². The van der Waals surface area contributed by atoms with E-state index in [1.807, 2.05) is 0 Å². The van der Waals surface area contributed by atoms with Crippen LogP contribution >= 0.6 is 0 Å². The number of nitrogens with one attached hydrogen (secondary N) is 1. The topological polar surface area (TPSA) is 41.6 Å². The molecule has 4 heteroatoms. The summed E-state index contributed by atoms with van der Waals surface area (Å²) in [4.78, 5) is 11.2. The molecule has 1 unspecified atom stereocenters. The van der Waals surface area contributed by atoms with Crippen LogP contribution in [0.3, 0.4) is 0 Å². The molecule has 0 radical (unpaired) electrons. The van der Waals surface area contributed by atoms with Crippen molar-refractivity contribution in [2.45, 2.75) is 91.0 Å². The lowest BCUT2D eigenvalue weighted by atomic mass is 9.81. The average Bonchev–Trinajstić information content (AvgIpc) is 2.22. The number of nitrogens with zero attached hydrogens (tertiary/aromatic N) is 1. The number of hydrogen-bond donors (Lipinski definition) is 1. The minimum absolute atomic E-state index is 0.0773. The van der Waals surface area contributed by atoms with Crippen molar-refractivity contribution in [2.75, 3.05) is 0 Å². The van der Waals surface area contributed by atoms with E-state index < -0.39 is 0 Å². The summed E-state index contributed by atoms with van der Waals surface area (Å²) in [7, 11) is 0. The Bertz CT molecular complexity index is 297. The van der Waals surface area contributed by atoms with Crippen LogP contribution in [0.5, 0.6) is 0 Å². The number of piperidine rings is 1. The van der Waals surface area contributed by atoms with Gasteiger partial charge in [0.1, 0.15) is 0 Å². The third-order valence-electron chi connectivity index (χ3n) is 3.92. The minimum Gasteiger partial charge on any atom is -0.445 e. The Morgan fingerprint density at radius 3 is 2.21 bits per heavy atom. The molecule has 1 rings (SSSR count). The van der Waals surface area contributed by atoms with E-state index in [1.165, 1.54) is 13.3 Å². The van der Waals surface area contributed by atoms with E-state index in [1.54, 1.807) is 0 Å². The van der Waals surface area contributed by atoms with Gasteiger partial charge in [-0.15, -0.1) is 0 Å². The van der Waals surface area contributed by atoms with Crippen molar-refractivity contribution in [1.29, 1.82) is 0 Å². The Kier molecular flexibility index (Phi) is 5.39. The maximum absolute atomic E-state index is 11.2. The van der Waals surface area contributed by atoms with E-state index in [9.17, 15) is 4.79 Å². The molecular weight excluding hydrogens is 240 g/mol. The monoisotopic (exact) mass is 270 g/mol. The van der Waals surface area contributed by atoms with Crippen molar-refractivity contribution < 1.29 is 9.53 Å². The van der Waals surface area contributed by atoms with Gasteiger partial charge in [-0.1, -0.05) is 13.3 Å². The molecular formula is C15H30N2O2. The summed E-state index contributed by atoms with van der Waals surface area (Å²) in [5, 5.41) is 2.30. The van der Waals surface area contributed by atoms with Crippen LogP contribution in [0.15, 0.2) is 0 Å². The molecule has 1 heterocycles. The third-order valence-corrected chi connectivity index (χ3v) is 3.92. The largest absolute Gasteiger partial charge is 0.445 e. The molecule has 112 valence electrons. The molecule has 1 saturated heterocycles. The smallest absolute Gasteiger partial charge is 0.304 e. The van der Waals surface area contributed by atoms with E-state index in [-0.39, 0.29) is 23.3 Å². The summed E-state index contributed by atoms with van der Waals surface area (Å²) in [6.45, 7) is 12.6. The van der Waals surface area contributed by atoms with Crippen LogP contribution < -0.4 is 5.43 Å². The van der Waals surface area contributed by atoms with Gasteiger partial charge < -0.3 is 4.74 Å². The molecule has 0 saturated carbocycles. The number of esters is 1. The second-order valence-corrected chi connectivity index (χ2v) is 6.83. The molecule has 1 aliphatic rings. The Morgan fingerprint density at radius 2 is 1.79 bits per heavy atom. The van der Waals surface area contributed by atoms with E-state index in [4.69, 9.17) is 4.74 Å². The zero-order valence-corrected chi connectivity index (χ0v) is 13.4. The number of hydrogen-bond acceptors (Lipinski definition) is 4. The predicted molar refractivity (Wildman–Crippen MR) is 77.4 cm³/mol. The van der Waals surface area contributed by atoms with E-state index >= 15 is 0 Å². The first kappa shape index (κ1) is 16.4. The quantitative estimate of drug-likeness (QED) is 0.615. The number of ether oxygens (including phenoxy) is 1. The van der Waals surface area contributed by atoms with Gasteiger partial charge in [-0.05, 0) is 53.4 Å². The second-order valence-electron chi connectivity index (χ2n) is 6.83. The summed E-state index contributed by atoms with van der Waals surface area (Å²) in [6, 6.07) is 0. The molecule has 0 bridgehead atoms. The molecule has 1 atom stereocenters. The van der Waals surface area contributed by atoms with Crippen LogP contribution in [-0.2, 0) is 9.53 Å². The van der Waals surface area contributed by atoms with Crippen LogP contribution in [0.2, 0.25) is 0 Å². The minimum atomic E-state index is -0.224. The first-order chi connectivity index (χ1) is 8.69. The van der Waals surface area contributed by atoms with E-state index in [0.717, 1.165) is 25.7 Å². The zero-order chi connectivity index (χ0) is 14.7. The molecule has 1 N–H and O–H groups in total. The molecule has 0 aliphatic carbocycles. The van der Waals surface area contributed by atoms with Gasteiger partial charge in [-0.25, -0.2) is 10.4 Å². The maximum Gasteiger partial charge on any atom is 0.304 e. The maximum atomic E-state index is 11.2. The molecule has 4 nitrogen and oxygen atoms in total. The van der Waals surface area contributed by atoms with Crippen molar-refractivity contribution in [1.82, 2.24) is 10.4 Å². The fourth-order valence-electron chi connectivity index (χ4n) is 3.10. The second kappa shape index (κ2) is 6.23. The lowest BCUT2D eigenvalue weighted by molar-refractivity contribution is -0.163. The van der Waals surface area contributed by atoms with Crippen LogP contribution in [0.1, 0.15) is 73.6 Å². The van der Waals surface area contributed by atoms with Gasteiger partial charge in [-0.3, -0.25) is 4.79 Å². The third kappa shape index (κ3) is 4.46. The fourth-order valence-corrected chi connectivity index (χ4v) is 3.10. The van der Waals surface area contributed by atoms with Crippen molar-refractivity contribution in [3.63, 3.8) is 0 Å². The number of hydrazine groups is 1. The summed E-state index contributed by atoms with van der Waals surface area (Å²) in [6.07, 6.45) is 5.15. The van der Waals surface area contributed by atoms with Crippen LogP contribution in [0.4, 0.5) is 0 Å². The Morgan fingerprint density at radius 1 is 1.26 bits per heavy atom. The average molecular weight is 270 g/mol.